The van der Waals surface area contributed by atoms with E-state index >= 15 is 0 Å². The average molecular weight is 471 g/mol. The zero-order chi connectivity index (χ0) is 25.2. The Balaban J connectivity index is 1.64. The molecule has 4 rings (SSSR count). The number of carbonyl (C=O) groups is 2. The van der Waals surface area contributed by atoms with Gasteiger partial charge in [-0.05, 0) is 67.9 Å². The lowest BCUT2D eigenvalue weighted by Crippen LogP contribution is -2.55. The van der Waals surface area contributed by atoms with Gasteiger partial charge in [-0.2, -0.15) is 0 Å². The number of likely N-dealkylation sites (tertiary alicyclic amines) is 1. The Bertz CT molecular complexity index is 1150. The smallest absolute Gasteiger partial charge is 0.254 e. The quantitative estimate of drug-likeness (QED) is 0.548. The van der Waals surface area contributed by atoms with E-state index in [-0.39, 0.29) is 35.1 Å². The summed E-state index contributed by atoms with van der Waals surface area (Å²) in [5.41, 5.74) is 4.86. The number of carbonyl (C=O) groups excluding carboxylic acids is 2. The molecule has 2 unspecified atom stereocenters. The molecule has 1 fully saturated rings. The first kappa shape index (κ1) is 25.0. The molecule has 1 heterocycles. The highest BCUT2D eigenvalue weighted by Gasteiger charge is 2.42. The van der Waals surface area contributed by atoms with Crippen LogP contribution in [0.4, 0.5) is 5.69 Å². The first-order valence-corrected chi connectivity index (χ1v) is 12.8. The van der Waals surface area contributed by atoms with Crippen molar-refractivity contribution in [2.24, 2.45) is 11.8 Å². The lowest BCUT2D eigenvalue weighted by atomic mass is 9.77. The Hall–Kier alpha value is -3.14. The molecule has 0 bridgehead atoms. The second kappa shape index (κ2) is 10.2. The highest BCUT2D eigenvalue weighted by atomic mass is 16.2. The number of aryl methyl sites for hydroxylation is 2. The van der Waals surface area contributed by atoms with Crippen molar-refractivity contribution in [1.82, 2.24) is 4.90 Å². The number of benzene rings is 2. The molecule has 2 amide bonds. The SMILES string of the molecule is Cc1ccc(C(=O)N2CCCC(C(=O)Nc3cccc(C(C)(C)C)c3)[C@@H]2C2C=CC=CC2)c(C)c1. The van der Waals surface area contributed by atoms with Gasteiger partial charge in [-0.25, -0.2) is 0 Å². The van der Waals surface area contributed by atoms with Crippen molar-refractivity contribution in [3.05, 3.63) is 89.0 Å². The van der Waals surface area contributed by atoms with E-state index < -0.39 is 0 Å². The van der Waals surface area contributed by atoms with E-state index in [0.717, 1.165) is 41.6 Å². The Labute approximate surface area is 210 Å². The van der Waals surface area contributed by atoms with Crippen LogP contribution in [0.15, 0.2) is 66.8 Å². The van der Waals surface area contributed by atoms with E-state index in [4.69, 9.17) is 0 Å². The number of piperidine rings is 1. The third-order valence-electron chi connectivity index (χ3n) is 7.34. The van der Waals surface area contributed by atoms with Crippen molar-refractivity contribution in [2.45, 2.75) is 65.3 Å². The van der Waals surface area contributed by atoms with Gasteiger partial charge in [0.25, 0.3) is 5.91 Å². The van der Waals surface area contributed by atoms with Crippen LogP contribution in [0.5, 0.6) is 0 Å². The van der Waals surface area contributed by atoms with E-state index in [1.807, 2.05) is 55.2 Å². The predicted molar refractivity (Wildman–Crippen MR) is 144 cm³/mol. The Morgan fingerprint density at radius 2 is 1.83 bits per heavy atom. The van der Waals surface area contributed by atoms with E-state index in [1.54, 1.807) is 0 Å². The molecule has 4 heteroatoms. The Morgan fingerprint density at radius 1 is 1.03 bits per heavy atom. The maximum absolute atomic E-state index is 13.8. The van der Waals surface area contributed by atoms with Crippen molar-refractivity contribution in [2.75, 3.05) is 11.9 Å². The zero-order valence-corrected chi connectivity index (χ0v) is 21.7. The van der Waals surface area contributed by atoms with Gasteiger partial charge < -0.3 is 10.2 Å². The minimum absolute atomic E-state index is 0.00198. The number of hydrogen-bond donors (Lipinski definition) is 1. The summed E-state index contributed by atoms with van der Waals surface area (Å²) in [6.07, 6.45) is 10.8. The van der Waals surface area contributed by atoms with Crippen LogP contribution >= 0.6 is 0 Å². The van der Waals surface area contributed by atoms with Gasteiger partial charge in [-0.1, -0.05) is 74.9 Å². The molecule has 0 aromatic heterocycles. The molecule has 1 N–H and O–H groups in total. The fourth-order valence-electron chi connectivity index (χ4n) is 5.43. The molecular formula is C31H38N2O2. The standard InChI is InChI=1S/C31H38N2O2/c1-21-16-17-26(22(2)19-21)30(35)33-18-10-15-27(28(33)23-11-7-6-8-12-23)29(34)32-25-14-9-13-24(20-25)31(3,4)5/h6-9,11,13-14,16-17,19-20,23,27-28H,10,12,15,18H2,1-5H3,(H,32,34)/t23?,27?,28-/m0/s1. The monoisotopic (exact) mass is 470 g/mol. The molecule has 2 aliphatic rings. The number of nitrogens with one attached hydrogen (secondary N) is 1. The number of allylic oxidation sites excluding steroid dienone is 3. The predicted octanol–water partition coefficient (Wildman–Crippen LogP) is 6.59. The van der Waals surface area contributed by atoms with Crippen molar-refractivity contribution in [3.63, 3.8) is 0 Å². The lowest BCUT2D eigenvalue weighted by Gasteiger charge is -2.44. The molecule has 35 heavy (non-hydrogen) atoms. The summed E-state index contributed by atoms with van der Waals surface area (Å²) in [5, 5.41) is 3.19. The fraction of sp³-hybridized carbons (Fsp3) is 0.419. The van der Waals surface area contributed by atoms with Crippen LogP contribution in [-0.4, -0.2) is 29.3 Å². The third kappa shape index (κ3) is 5.58. The summed E-state index contributed by atoms with van der Waals surface area (Å²) in [7, 11) is 0. The van der Waals surface area contributed by atoms with E-state index in [2.05, 4.69) is 56.4 Å². The largest absolute Gasteiger partial charge is 0.334 e. The minimum atomic E-state index is -0.266. The van der Waals surface area contributed by atoms with Crippen LogP contribution in [-0.2, 0) is 10.2 Å². The number of rotatable bonds is 4. The van der Waals surface area contributed by atoms with Gasteiger partial charge >= 0.3 is 0 Å². The summed E-state index contributed by atoms with van der Waals surface area (Å²) in [4.78, 5) is 29.5. The zero-order valence-electron chi connectivity index (χ0n) is 21.7. The molecule has 2 aromatic rings. The fourth-order valence-corrected chi connectivity index (χ4v) is 5.43. The third-order valence-corrected chi connectivity index (χ3v) is 7.34. The average Bonchev–Trinajstić information content (AvgIpc) is 2.83. The molecule has 1 saturated heterocycles. The van der Waals surface area contributed by atoms with Crippen LogP contribution < -0.4 is 5.32 Å². The second-order valence-corrected chi connectivity index (χ2v) is 11.1. The van der Waals surface area contributed by atoms with Crippen LogP contribution in [0, 0.1) is 25.7 Å². The topological polar surface area (TPSA) is 49.4 Å². The van der Waals surface area contributed by atoms with Crippen molar-refractivity contribution in [1.29, 1.82) is 0 Å². The lowest BCUT2D eigenvalue weighted by molar-refractivity contribution is -0.123. The molecule has 0 saturated carbocycles. The van der Waals surface area contributed by atoms with Crippen LogP contribution in [0.2, 0.25) is 0 Å². The summed E-state index contributed by atoms with van der Waals surface area (Å²) in [6.45, 7) is 11.2. The summed E-state index contributed by atoms with van der Waals surface area (Å²) in [6, 6.07) is 13.9. The first-order valence-electron chi connectivity index (χ1n) is 12.8. The number of anilines is 1. The number of hydrogen-bond acceptors (Lipinski definition) is 2. The van der Waals surface area contributed by atoms with Gasteiger partial charge in [-0.15, -0.1) is 0 Å². The molecule has 0 radical (unpaired) electrons. The van der Waals surface area contributed by atoms with Gasteiger partial charge in [-0.3, -0.25) is 9.59 Å². The highest BCUT2D eigenvalue weighted by Crippen LogP contribution is 2.35. The molecule has 1 aliphatic heterocycles. The molecule has 3 atom stereocenters. The summed E-state index contributed by atoms with van der Waals surface area (Å²) >= 11 is 0. The van der Waals surface area contributed by atoms with Gasteiger partial charge in [0, 0.05) is 23.7 Å². The van der Waals surface area contributed by atoms with Gasteiger partial charge in [0.15, 0.2) is 0 Å². The normalized spacial score (nSPS) is 22.2. The van der Waals surface area contributed by atoms with E-state index in [1.165, 1.54) is 5.56 Å². The van der Waals surface area contributed by atoms with Gasteiger partial charge in [0.2, 0.25) is 5.91 Å². The summed E-state index contributed by atoms with van der Waals surface area (Å²) in [5.74, 6) is -0.116. The molecule has 184 valence electrons. The van der Waals surface area contributed by atoms with Crippen molar-refractivity contribution in [3.8, 4) is 0 Å². The molecule has 1 aliphatic carbocycles. The molecule has 2 aromatic carbocycles. The van der Waals surface area contributed by atoms with E-state index in [9.17, 15) is 9.59 Å². The van der Waals surface area contributed by atoms with Gasteiger partial charge in [0.1, 0.15) is 0 Å². The van der Waals surface area contributed by atoms with Crippen LogP contribution in [0.3, 0.4) is 0 Å². The highest BCUT2D eigenvalue weighted by molar-refractivity contribution is 5.98. The number of nitrogens with zero attached hydrogens (tertiary/aromatic N) is 1. The van der Waals surface area contributed by atoms with Crippen molar-refractivity contribution >= 4 is 17.5 Å². The maximum Gasteiger partial charge on any atom is 0.254 e. The van der Waals surface area contributed by atoms with Crippen LogP contribution in [0.25, 0.3) is 0 Å². The molecule has 0 spiro atoms. The number of amides is 2. The minimum Gasteiger partial charge on any atom is -0.334 e. The first-order chi connectivity index (χ1) is 16.6. The van der Waals surface area contributed by atoms with E-state index in [0.29, 0.717) is 6.54 Å². The second-order valence-electron chi connectivity index (χ2n) is 11.1. The van der Waals surface area contributed by atoms with Crippen LogP contribution in [0.1, 0.15) is 67.1 Å². The molecule has 4 nitrogen and oxygen atoms in total. The molecular weight excluding hydrogens is 432 g/mol. The van der Waals surface area contributed by atoms with Crippen molar-refractivity contribution < 1.29 is 9.59 Å². The maximum atomic E-state index is 13.8. The Kier molecular flexibility index (Phi) is 7.30. The Morgan fingerprint density at radius 3 is 2.51 bits per heavy atom. The van der Waals surface area contributed by atoms with Gasteiger partial charge in [0.05, 0.1) is 12.0 Å². The summed E-state index contributed by atoms with van der Waals surface area (Å²) < 4.78 is 0.